The largest absolute Gasteiger partial charge is 0.439 e. The minimum atomic E-state index is -4.51. The summed E-state index contributed by atoms with van der Waals surface area (Å²) in [5, 5.41) is 0. The molecule has 0 radical (unpaired) electrons. The van der Waals surface area contributed by atoms with Crippen LogP contribution in [-0.4, -0.2) is 9.97 Å². The molecule has 18 heavy (non-hydrogen) atoms. The summed E-state index contributed by atoms with van der Waals surface area (Å²) in [6, 6.07) is 9.25. The van der Waals surface area contributed by atoms with Crippen molar-refractivity contribution in [3.63, 3.8) is 0 Å². The maximum Gasteiger partial charge on any atom is 0.433 e. The van der Waals surface area contributed by atoms with E-state index in [1.807, 2.05) is 0 Å². The second-order valence-corrected chi connectivity index (χ2v) is 3.55. The van der Waals surface area contributed by atoms with E-state index in [1.165, 1.54) is 6.92 Å². The van der Waals surface area contributed by atoms with E-state index in [1.54, 1.807) is 30.3 Å². The summed E-state index contributed by atoms with van der Waals surface area (Å²) >= 11 is 0. The molecule has 2 rings (SSSR count). The normalized spacial score (nSPS) is 11.3. The van der Waals surface area contributed by atoms with E-state index in [4.69, 9.17) is 4.74 Å². The standard InChI is InChI=1S/C12H9F3N2O/c1-8-16-10(12(13,14)15)7-11(17-8)18-9-5-3-2-4-6-9/h2-7H,1H3. The summed E-state index contributed by atoms with van der Waals surface area (Å²) in [7, 11) is 0. The highest BCUT2D eigenvalue weighted by atomic mass is 19.4. The molecule has 0 amide bonds. The number of rotatable bonds is 2. The quantitative estimate of drug-likeness (QED) is 0.821. The van der Waals surface area contributed by atoms with Crippen molar-refractivity contribution in [3.05, 3.63) is 47.9 Å². The number of hydrogen-bond donors (Lipinski definition) is 0. The average molecular weight is 254 g/mol. The molecule has 1 aromatic heterocycles. The molecule has 2 aromatic rings. The van der Waals surface area contributed by atoms with Gasteiger partial charge in [-0.25, -0.2) is 4.98 Å². The number of benzene rings is 1. The number of aryl methyl sites for hydroxylation is 1. The molecule has 0 aliphatic carbocycles. The monoisotopic (exact) mass is 254 g/mol. The van der Waals surface area contributed by atoms with Gasteiger partial charge in [0.25, 0.3) is 0 Å². The van der Waals surface area contributed by atoms with Crippen LogP contribution in [0.25, 0.3) is 0 Å². The van der Waals surface area contributed by atoms with Crippen LogP contribution in [0.1, 0.15) is 11.5 Å². The van der Waals surface area contributed by atoms with E-state index >= 15 is 0 Å². The Labute approximate surface area is 101 Å². The SMILES string of the molecule is Cc1nc(Oc2ccccc2)cc(C(F)(F)F)n1. The summed E-state index contributed by atoms with van der Waals surface area (Å²) in [5.74, 6) is 0.306. The minimum Gasteiger partial charge on any atom is -0.439 e. The maximum absolute atomic E-state index is 12.5. The van der Waals surface area contributed by atoms with Gasteiger partial charge in [0.2, 0.25) is 5.88 Å². The van der Waals surface area contributed by atoms with Gasteiger partial charge in [0.15, 0.2) is 5.69 Å². The molecule has 6 heteroatoms. The summed E-state index contributed by atoms with van der Waals surface area (Å²) < 4.78 is 42.9. The number of para-hydroxylation sites is 1. The van der Waals surface area contributed by atoms with Crippen LogP contribution in [0.3, 0.4) is 0 Å². The van der Waals surface area contributed by atoms with E-state index in [2.05, 4.69) is 9.97 Å². The van der Waals surface area contributed by atoms with E-state index in [0.717, 1.165) is 6.07 Å². The molecule has 0 N–H and O–H groups in total. The van der Waals surface area contributed by atoms with Crippen LogP contribution in [0.15, 0.2) is 36.4 Å². The molecule has 3 nitrogen and oxygen atoms in total. The summed E-state index contributed by atoms with van der Waals surface area (Å²) in [5.41, 5.74) is -1.01. The van der Waals surface area contributed by atoms with E-state index in [-0.39, 0.29) is 11.7 Å². The molecule has 0 atom stereocenters. The van der Waals surface area contributed by atoms with Gasteiger partial charge in [-0.1, -0.05) is 18.2 Å². The van der Waals surface area contributed by atoms with Crippen LogP contribution in [0, 0.1) is 6.92 Å². The molecule has 0 unspecified atom stereocenters. The summed E-state index contributed by atoms with van der Waals surface area (Å²) in [6.07, 6.45) is -4.51. The molecule has 0 saturated heterocycles. The molecule has 1 aromatic carbocycles. The second-order valence-electron chi connectivity index (χ2n) is 3.55. The van der Waals surface area contributed by atoms with Gasteiger partial charge in [-0.2, -0.15) is 18.2 Å². The van der Waals surface area contributed by atoms with E-state index in [9.17, 15) is 13.2 Å². The Morgan fingerprint density at radius 2 is 1.72 bits per heavy atom. The third kappa shape index (κ3) is 2.97. The molecule has 0 aliphatic rings. The lowest BCUT2D eigenvalue weighted by atomic mass is 10.3. The zero-order valence-electron chi connectivity index (χ0n) is 9.40. The van der Waals surface area contributed by atoms with Crippen molar-refractivity contribution in [1.82, 2.24) is 9.97 Å². The number of halogens is 3. The van der Waals surface area contributed by atoms with Crippen molar-refractivity contribution < 1.29 is 17.9 Å². The van der Waals surface area contributed by atoms with Crippen molar-refractivity contribution in [2.45, 2.75) is 13.1 Å². The third-order valence-corrected chi connectivity index (χ3v) is 2.07. The Hall–Kier alpha value is -2.11. The average Bonchev–Trinajstić information content (AvgIpc) is 2.28. The summed E-state index contributed by atoms with van der Waals surface area (Å²) in [4.78, 5) is 7.14. The van der Waals surface area contributed by atoms with Gasteiger partial charge in [-0.05, 0) is 19.1 Å². The first kappa shape index (κ1) is 12.3. The van der Waals surface area contributed by atoms with E-state index < -0.39 is 11.9 Å². The van der Waals surface area contributed by atoms with Crippen LogP contribution in [0.2, 0.25) is 0 Å². The molecule has 0 spiro atoms. The Morgan fingerprint density at radius 1 is 1.06 bits per heavy atom. The number of aromatic nitrogens is 2. The lowest BCUT2D eigenvalue weighted by Crippen LogP contribution is -2.10. The number of nitrogens with zero attached hydrogens (tertiary/aromatic N) is 2. The van der Waals surface area contributed by atoms with Crippen molar-refractivity contribution in [2.24, 2.45) is 0 Å². The van der Waals surface area contributed by atoms with Crippen molar-refractivity contribution in [2.75, 3.05) is 0 Å². The fourth-order valence-corrected chi connectivity index (χ4v) is 1.35. The molecule has 0 saturated carbocycles. The highest BCUT2D eigenvalue weighted by Gasteiger charge is 2.33. The van der Waals surface area contributed by atoms with Gasteiger partial charge in [0.05, 0.1) is 0 Å². The maximum atomic E-state index is 12.5. The Kier molecular flexibility index (Phi) is 3.18. The highest BCUT2D eigenvalue weighted by Crippen LogP contribution is 2.30. The Morgan fingerprint density at radius 3 is 2.33 bits per heavy atom. The van der Waals surface area contributed by atoms with Gasteiger partial charge in [0.1, 0.15) is 11.6 Å². The first-order valence-electron chi connectivity index (χ1n) is 5.11. The van der Waals surface area contributed by atoms with Crippen LogP contribution in [0.5, 0.6) is 11.6 Å². The first-order chi connectivity index (χ1) is 8.45. The van der Waals surface area contributed by atoms with Gasteiger partial charge < -0.3 is 4.74 Å². The zero-order valence-corrected chi connectivity index (χ0v) is 9.40. The van der Waals surface area contributed by atoms with Crippen LogP contribution in [0.4, 0.5) is 13.2 Å². The molecule has 0 bridgehead atoms. The predicted molar refractivity (Wildman–Crippen MR) is 58.3 cm³/mol. The van der Waals surface area contributed by atoms with Crippen LogP contribution < -0.4 is 4.74 Å². The summed E-state index contributed by atoms with van der Waals surface area (Å²) in [6.45, 7) is 1.38. The van der Waals surface area contributed by atoms with Crippen molar-refractivity contribution in [1.29, 1.82) is 0 Å². The lowest BCUT2D eigenvalue weighted by Gasteiger charge is -2.09. The molecular formula is C12H9F3N2O. The number of hydrogen-bond acceptors (Lipinski definition) is 3. The lowest BCUT2D eigenvalue weighted by molar-refractivity contribution is -0.141. The Balaban J connectivity index is 2.32. The van der Waals surface area contributed by atoms with Crippen molar-refractivity contribution >= 4 is 0 Å². The predicted octanol–water partition coefficient (Wildman–Crippen LogP) is 3.60. The number of ether oxygens (including phenoxy) is 1. The topological polar surface area (TPSA) is 35.0 Å². The zero-order chi connectivity index (χ0) is 13.2. The molecule has 0 fully saturated rings. The highest BCUT2D eigenvalue weighted by molar-refractivity contribution is 5.28. The van der Waals surface area contributed by atoms with Gasteiger partial charge in [-0.3, -0.25) is 0 Å². The van der Waals surface area contributed by atoms with Crippen LogP contribution >= 0.6 is 0 Å². The van der Waals surface area contributed by atoms with E-state index in [0.29, 0.717) is 5.75 Å². The van der Waals surface area contributed by atoms with Gasteiger partial charge in [0, 0.05) is 6.07 Å². The Bertz CT molecular complexity index is 541. The number of alkyl halides is 3. The van der Waals surface area contributed by atoms with Crippen LogP contribution in [-0.2, 0) is 6.18 Å². The fraction of sp³-hybridized carbons (Fsp3) is 0.167. The first-order valence-corrected chi connectivity index (χ1v) is 5.11. The van der Waals surface area contributed by atoms with Crippen molar-refractivity contribution in [3.8, 4) is 11.6 Å². The smallest absolute Gasteiger partial charge is 0.433 e. The molecule has 1 heterocycles. The molecule has 0 aliphatic heterocycles. The minimum absolute atomic E-state index is 0.00996. The third-order valence-electron chi connectivity index (χ3n) is 2.07. The second kappa shape index (κ2) is 4.64. The van der Waals surface area contributed by atoms with Gasteiger partial charge in [-0.15, -0.1) is 0 Å². The van der Waals surface area contributed by atoms with Gasteiger partial charge >= 0.3 is 6.18 Å². The molecule has 94 valence electrons. The molecular weight excluding hydrogens is 245 g/mol. The fourth-order valence-electron chi connectivity index (χ4n) is 1.35.